The first-order chi connectivity index (χ1) is 7.95. The van der Waals surface area contributed by atoms with Crippen LogP contribution >= 0.6 is 11.8 Å². The third kappa shape index (κ3) is 4.30. The predicted octanol–water partition coefficient (Wildman–Crippen LogP) is 3.21. The van der Waals surface area contributed by atoms with Crippen molar-refractivity contribution in [1.82, 2.24) is 0 Å². The van der Waals surface area contributed by atoms with Crippen LogP contribution in [0.3, 0.4) is 0 Å². The van der Waals surface area contributed by atoms with Gasteiger partial charge in [0.2, 0.25) is 0 Å². The lowest BCUT2D eigenvalue weighted by Crippen LogP contribution is -2.27. The van der Waals surface area contributed by atoms with Crippen molar-refractivity contribution in [2.45, 2.75) is 17.9 Å². The minimum atomic E-state index is -3.58. The van der Waals surface area contributed by atoms with Gasteiger partial charge in [-0.3, -0.25) is 0 Å². The summed E-state index contributed by atoms with van der Waals surface area (Å²) in [6.07, 6.45) is 0. The largest absolute Gasteiger partial charge is 0.461 e. The minimum absolute atomic E-state index is 0.0912. The highest BCUT2D eigenvalue weighted by Gasteiger charge is 2.41. The van der Waals surface area contributed by atoms with Gasteiger partial charge < -0.3 is 4.74 Å². The van der Waals surface area contributed by atoms with Crippen LogP contribution in [0.15, 0.2) is 24.3 Å². The Balaban J connectivity index is 2.54. The van der Waals surface area contributed by atoms with Crippen LogP contribution < -0.4 is 0 Å². The van der Waals surface area contributed by atoms with Gasteiger partial charge in [-0.25, -0.2) is 9.18 Å². The molecular formula is C11H11F3O2S. The van der Waals surface area contributed by atoms with Crippen LogP contribution in [-0.2, 0) is 15.3 Å². The third-order valence-electron chi connectivity index (χ3n) is 1.85. The van der Waals surface area contributed by atoms with Crippen LogP contribution in [0.1, 0.15) is 12.5 Å². The maximum atomic E-state index is 13.2. The molecule has 0 spiro atoms. The van der Waals surface area contributed by atoms with Crippen molar-refractivity contribution < 1.29 is 22.7 Å². The summed E-state index contributed by atoms with van der Waals surface area (Å²) in [5.41, 5.74) is 0.514. The molecule has 0 saturated carbocycles. The third-order valence-corrected chi connectivity index (χ3v) is 2.85. The van der Waals surface area contributed by atoms with Gasteiger partial charge in [0.05, 0.1) is 6.61 Å². The maximum absolute atomic E-state index is 13.2. The van der Waals surface area contributed by atoms with Gasteiger partial charge in [0.1, 0.15) is 5.82 Å². The van der Waals surface area contributed by atoms with Gasteiger partial charge in [-0.2, -0.15) is 8.78 Å². The molecule has 6 heteroatoms. The number of carbonyl (C=O) groups excluding carboxylic acids is 1. The summed E-state index contributed by atoms with van der Waals surface area (Å²) in [6.45, 7) is 1.37. The number of esters is 1. The highest BCUT2D eigenvalue weighted by molar-refractivity contribution is 8.00. The topological polar surface area (TPSA) is 26.3 Å². The molecule has 1 rings (SSSR count). The van der Waals surface area contributed by atoms with Gasteiger partial charge in [0, 0.05) is 5.75 Å². The number of ether oxygens (including phenoxy) is 1. The van der Waals surface area contributed by atoms with E-state index >= 15 is 0 Å². The lowest BCUT2D eigenvalue weighted by atomic mass is 10.2. The number of benzene rings is 1. The van der Waals surface area contributed by atoms with Gasteiger partial charge in [-0.15, -0.1) is 0 Å². The summed E-state index contributed by atoms with van der Waals surface area (Å²) in [4.78, 5) is 10.9. The van der Waals surface area contributed by atoms with E-state index in [1.165, 1.54) is 31.2 Å². The first kappa shape index (κ1) is 13.9. The summed E-state index contributed by atoms with van der Waals surface area (Å²) < 4.78 is 43.2. The van der Waals surface area contributed by atoms with Crippen LogP contribution in [0, 0.1) is 5.82 Å². The molecule has 0 unspecified atom stereocenters. The highest BCUT2D eigenvalue weighted by Crippen LogP contribution is 2.33. The van der Waals surface area contributed by atoms with Crippen molar-refractivity contribution in [3.05, 3.63) is 35.6 Å². The number of rotatable bonds is 5. The number of alkyl halides is 2. The molecule has 0 amide bonds. The van der Waals surface area contributed by atoms with E-state index in [1.807, 2.05) is 0 Å². The molecule has 0 aliphatic carbocycles. The molecule has 0 aliphatic rings. The number of thioether (sulfide) groups is 1. The Morgan fingerprint density at radius 3 is 2.47 bits per heavy atom. The highest BCUT2D eigenvalue weighted by atomic mass is 32.2. The van der Waals surface area contributed by atoms with Crippen molar-refractivity contribution in [3.63, 3.8) is 0 Å². The van der Waals surface area contributed by atoms with E-state index in [2.05, 4.69) is 4.74 Å². The summed E-state index contributed by atoms with van der Waals surface area (Å²) >= 11 is 0.155. The molecule has 1 aromatic carbocycles. The number of carbonyl (C=O) groups is 1. The minimum Gasteiger partial charge on any atom is -0.461 e. The van der Waals surface area contributed by atoms with E-state index in [9.17, 15) is 18.0 Å². The smallest absolute Gasteiger partial charge is 0.389 e. The Morgan fingerprint density at radius 2 is 1.94 bits per heavy atom. The summed E-state index contributed by atoms with van der Waals surface area (Å²) in [7, 11) is 0. The fourth-order valence-corrected chi connectivity index (χ4v) is 1.75. The molecule has 0 fully saturated rings. The second-order valence-corrected chi connectivity index (χ2v) is 4.24. The zero-order valence-corrected chi connectivity index (χ0v) is 9.90. The lowest BCUT2D eigenvalue weighted by Gasteiger charge is -2.13. The maximum Gasteiger partial charge on any atom is 0.389 e. The molecule has 2 nitrogen and oxygen atoms in total. The molecule has 0 bridgehead atoms. The predicted molar refractivity (Wildman–Crippen MR) is 59.3 cm³/mol. The van der Waals surface area contributed by atoms with Gasteiger partial charge in [0.25, 0.3) is 0 Å². The first-order valence-corrected chi connectivity index (χ1v) is 5.87. The van der Waals surface area contributed by atoms with Crippen LogP contribution in [-0.4, -0.2) is 17.8 Å². The molecule has 94 valence electrons. The Morgan fingerprint density at radius 1 is 1.35 bits per heavy atom. The van der Waals surface area contributed by atoms with E-state index in [4.69, 9.17) is 0 Å². The summed E-state index contributed by atoms with van der Waals surface area (Å²) in [5, 5.41) is -3.58. The van der Waals surface area contributed by atoms with Crippen molar-refractivity contribution in [3.8, 4) is 0 Å². The second-order valence-electron chi connectivity index (χ2n) is 3.15. The van der Waals surface area contributed by atoms with E-state index < -0.39 is 17.0 Å². The van der Waals surface area contributed by atoms with Crippen LogP contribution in [0.5, 0.6) is 0 Å². The zero-order chi connectivity index (χ0) is 12.9. The SMILES string of the molecule is CCOC(=O)C(F)(F)SCc1ccc(F)cc1. The number of hydrogen-bond donors (Lipinski definition) is 0. The average molecular weight is 264 g/mol. The van der Waals surface area contributed by atoms with E-state index in [-0.39, 0.29) is 24.1 Å². The fraction of sp³-hybridized carbons (Fsp3) is 0.364. The van der Waals surface area contributed by atoms with Crippen molar-refractivity contribution in [1.29, 1.82) is 0 Å². The molecule has 0 heterocycles. The standard InChI is InChI=1S/C11H11F3O2S/c1-2-16-10(15)11(13,14)17-7-8-3-5-9(12)6-4-8/h3-6H,2,7H2,1H3. The van der Waals surface area contributed by atoms with Gasteiger partial charge in [0.15, 0.2) is 0 Å². The van der Waals surface area contributed by atoms with Crippen molar-refractivity contribution >= 4 is 17.7 Å². The Kier molecular flexibility index (Phi) is 4.86. The molecular weight excluding hydrogens is 253 g/mol. The Bertz CT molecular complexity index is 379. The van der Waals surface area contributed by atoms with Gasteiger partial charge in [-0.1, -0.05) is 23.9 Å². The van der Waals surface area contributed by atoms with E-state index in [1.54, 1.807) is 0 Å². The molecule has 17 heavy (non-hydrogen) atoms. The fourth-order valence-electron chi connectivity index (χ4n) is 1.03. The molecule has 0 radical (unpaired) electrons. The van der Waals surface area contributed by atoms with Crippen LogP contribution in [0.25, 0.3) is 0 Å². The van der Waals surface area contributed by atoms with Crippen LogP contribution in [0.4, 0.5) is 13.2 Å². The van der Waals surface area contributed by atoms with Gasteiger partial charge >= 0.3 is 11.2 Å². The average Bonchev–Trinajstić information content (AvgIpc) is 2.29. The normalized spacial score (nSPS) is 11.3. The lowest BCUT2D eigenvalue weighted by molar-refractivity contribution is -0.159. The molecule has 0 N–H and O–H groups in total. The molecule has 0 atom stereocenters. The monoisotopic (exact) mass is 264 g/mol. The zero-order valence-electron chi connectivity index (χ0n) is 9.08. The van der Waals surface area contributed by atoms with E-state index in [0.717, 1.165) is 0 Å². The molecule has 0 saturated heterocycles. The summed E-state index contributed by atoms with van der Waals surface area (Å²) in [6, 6.07) is 5.14. The Labute approximate surface area is 101 Å². The van der Waals surface area contributed by atoms with Crippen molar-refractivity contribution in [2.24, 2.45) is 0 Å². The van der Waals surface area contributed by atoms with Crippen molar-refractivity contribution in [2.75, 3.05) is 6.61 Å². The first-order valence-electron chi connectivity index (χ1n) is 4.89. The quantitative estimate of drug-likeness (QED) is 0.764. The second kappa shape index (κ2) is 5.95. The summed E-state index contributed by atoms with van der Waals surface area (Å²) in [5.74, 6) is -2.07. The molecule has 1 aromatic rings. The molecule has 0 aliphatic heterocycles. The van der Waals surface area contributed by atoms with E-state index in [0.29, 0.717) is 5.56 Å². The number of hydrogen-bond acceptors (Lipinski definition) is 3. The van der Waals surface area contributed by atoms with Crippen LogP contribution in [0.2, 0.25) is 0 Å². The Hall–Kier alpha value is -1.17. The molecule has 0 aromatic heterocycles. The number of halogens is 3. The van der Waals surface area contributed by atoms with Gasteiger partial charge in [-0.05, 0) is 24.6 Å².